The maximum Gasteiger partial charge on any atom is 0.173 e. The average Bonchev–Trinajstić information content (AvgIpc) is 2.45. The molecule has 2 aromatic rings. The van der Waals surface area contributed by atoms with Crippen molar-refractivity contribution in [2.24, 2.45) is 0 Å². The van der Waals surface area contributed by atoms with Crippen molar-refractivity contribution in [2.75, 3.05) is 12.4 Å². The fourth-order valence-electron chi connectivity index (χ4n) is 1.84. The van der Waals surface area contributed by atoms with Crippen molar-refractivity contribution in [1.29, 1.82) is 0 Å². The van der Waals surface area contributed by atoms with Gasteiger partial charge in [-0.25, -0.2) is 4.39 Å². The van der Waals surface area contributed by atoms with Crippen LogP contribution in [0.5, 0.6) is 0 Å². The van der Waals surface area contributed by atoms with Gasteiger partial charge in [-0.15, -0.1) is 0 Å². The predicted octanol–water partition coefficient (Wildman–Crippen LogP) is 4.62. The lowest BCUT2D eigenvalue weighted by Gasteiger charge is -2.21. The molecule has 110 valence electrons. The minimum absolute atomic E-state index is 0.231. The zero-order chi connectivity index (χ0) is 15.4. The molecule has 5 heteroatoms. The second-order valence-electron chi connectivity index (χ2n) is 4.84. The van der Waals surface area contributed by atoms with E-state index in [2.05, 4.69) is 5.32 Å². The zero-order valence-corrected chi connectivity index (χ0v) is 13.4. The Bertz CT molecular complexity index is 660. The summed E-state index contributed by atoms with van der Waals surface area (Å²) in [4.78, 5) is 1.78. The topological polar surface area (TPSA) is 15.3 Å². The first-order chi connectivity index (χ1) is 9.97. The van der Waals surface area contributed by atoms with Crippen molar-refractivity contribution in [1.82, 2.24) is 4.90 Å². The second-order valence-corrected chi connectivity index (χ2v) is 5.64. The molecule has 0 heterocycles. The summed E-state index contributed by atoms with van der Waals surface area (Å²) in [6.45, 7) is 2.34. The highest BCUT2D eigenvalue weighted by molar-refractivity contribution is 7.80. The van der Waals surface area contributed by atoms with Crippen LogP contribution in [0.2, 0.25) is 5.02 Å². The molecular formula is C16H16ClFN2S. The third-order valence-electron chi connectivity index (χ3n) is 3.14. The van der Waals surface area contributed by atoms with Crippen LogP contribution in [0.25, 0.3) is 0 Å². The van der Waals surface area contributed by atoms with Crippen LogP contribution < -0.4 is 5.32 Å². The molecule has 21 heavy (non-hydrogen) atoms. The molecule has 0 aliphatic heterocycles. The van der Waals surface area contributed by atoms with Crippen LogP contribution in [0.4, 0.5) is 10.1 Å². The molecule has 0 unspecified atom stereocenters. The summed E-state index contributed by atoms with van der Waals surface area (Å²) < 4.78 is 13.6. The molecule has 0 saturated carbocycles. The number of hydrogen-bond acceptors (Lipinski definition) is 1. The number of aryl methyl sites for hydroxylation is 1. The van der Waals surface area contributed by atoms with Gasteiger partial charge >= 0.3 is 0 Å². The quantitative estimate of drug-likeness (QED) is 0.830. The van der Waals surface area contributed by atoms with Crippen molar-refractivity contribution < 1.29 is 4.39 Å². The van der Waals surface area contributed by atoms with Crippen LogP contribution in [0.3, 0.4) is 0 Å². The van der Waals surface area contributed by atoms with E-state index in [0.29, 0.717) is 22.2 Å². The van der Waals surface area contributed by atoms with Gasteiger partial charge in [0.1, 0.15) is 5.82 Å². The van der Waals surface area contributed by atoms with Gasteiger partial charge in [-0.2, -0.15) is 0 Å². The van der Waals surface area contributed by atoms with Crippen molar-refractivity contribution in [2.45, 2.75) is 13.5 Å². The molecule has 2 nitrogen and oxygen atoms in total. The van der Waals surface area contributed by atoms with Crippen LogP contribution >= 0.6 is 23.8 Å². The standard InChI is InChI=1S/C16H16ClFN2S/c1-11-7-8-13(9-14(11)17)19-16(21)20(2)10-12-5-3-4-6-15(12)18/h3-9H,10H2,1-2H3,(H,19,21). The monoisotopic (exact) mass is 322 g/mol. The Morgan fingerprint density at radius 2 is 2.00 bits per heavy atom. The summed E-state index contributed by atoms with van der Waals surface area (Å²) >= 11 is 11.4. The van der Waals surface area contributed by atoms with E-state index in [1.54, 1.807) is 17.0 Å². The van der Waals surface area contributed by atoms with Crippen molar-refractivity contribution >= 4 is 34.6 Å². The Morgan fingerprint density at radius 3 is 2.67 bits per heavy atom. The molecule has 0 bridgehead atoms. The zero-order valence-electron chi connectivity index (χ0n) is 11.9. The maximum atomic E-state index is 13.6. The van der Waals surface area contributed by atoms with E-state index in [-0.39, 0.29) is 5.82 Å². The van der Waals surface area contributed by atoms with Crippen molar-refractivity contribution in [3.63, 3.8) is 0 Å². The Hall–Kier alpha value is -1.65. The molecule has 0 aliphatic carbocycles. The first kappa shape index (κ1) is 15.7. The fourth-order valence-corrected chi connectivity index (χ4v) is 2.21. The number of hydrogen-bond donors (Lipinski definition) is 1. The highest BCUT2D eigenvalue weighted by Gasteiger charge is 2.09. The molecule has 2 rings (SSSR count). The van der Waals surface area contributed by atoms with Gasteiger partial charge in [0.05, 0.1) is 0 Å². The van der Waals surface area contributed by atoms with Gasteiger partial charge in [0.15, 0.2) is 5.11 Å². The molecule has 2 aromatic carbocycles. The van der Waals surface area contributed by atoms with Crippen molar-refractivity contribution in [3.8, 4) is 0 Å². The van der Waals surface area contributed by atoms with Gasteiger partial charge in [-0.05, 0) is 42.9 Å². The van der Waals surface area contributed by atoms with Crippen LogP contribution in [-0.2, 0) is 6.54 Å². The second kappa shape index (κ2) is 6.87. The highest BCUT2D eigenvalue weighted by Crippen LogP contribution is 2.20. The lowest BCUT2D eigenvalue weighted by Crippen LogP contribution is -2.30. The Labute approximate surface area is 134 Å². The Morgan fingerprint density at radius 1 is 1.29 bits per heavy atom. The van der Waals surface area contributed by atoms with Crippen molar-refractivity contribution in [3.05, 3.63) is 64.4 Å². The normalized spacial score (nSPS) is 10.3. The van der Waals surface area contributed by atoms with Gasteiger partial charge < -0.3 is 10.2 Å². The van der Waals surface area contributed by atoms with E-state index in [9.17, 15) is 4.39 Å². The molecule has 1 N–H and O–H groups in total. The van der Waals surface area contributed by atoms with Gasteiger partial charge in [-0.1, -0.05) is 35.9 Å². The smallest absolute Gasteiger partial charge is 0.173 e. The number of anilines is 1. The summed E-state index contributed by atoms with van der Waals surface area (Å²) in [5.41, 5.74) is 2.43. The molecule has 0 radical (unpaired) electrons. The lowest BCUT2D eigenvalue weighted by molar-refractivity contribution is 0.486. The summed E-state index contributed by atoms with van der Waals surface area (Å²) in [5, 5.41) is 4.29. The number of benzene rings is 2. The molecule has 0 amide bonds. The van der Waals surface area contributed by atoms with Gasteiger partial charge in [0.25, 0.3) is 0 Å². The first-order valence-electron chi connectivity index (χ1n) is 6.49. The van der Waals surface area contributed by atoms with Crippen LogP contribution in [0.15, 0.2) is 42.5 Å². The van der Waals surface area contributed by atoms with Gasteiger partial charge in [0, 0.05) is 29.9 Å². The van der Waals surface area contributed by atoms with E-state index in [1.807, 2.05) is 38.2 Å². The third kappa shape index (κ3) is 4.16. The number of nitrogens with zero attached hydrogens (tertiary/aromatic N) is 1. The van der Waals surface area contributed by atoms with Gasteiger partial charge in [-0.3, -0.25) is 0 Å². The fraction of sp³-hybridized carbons (Fsp3) is 0.188. The van der Waals surface area contributed by atoms with Crippen LogP contribution in [0.1, 0.15) is 11.1 Å². The number of nitrogens with one attached hydrogen (secondary N) is 1. The average molecular weight is 323 g/mol. The third-order valence-corrected chi connectivity index (χ3v) is 3.96. The van der Waals surface area contributed by atoms with E-state index in [1.165, 1.54) is 6.07 Å². The van der Waals surface area contributed by atoms with E-state index in [0.717, 1.165) is 11.3 Å². The van der Waals surface area contributed by atoms with E-state index in [4.69, 9.17) is 23.8 Å². The molecular weight excluding hydrogens is 307 g/mol. The molecule has 0 fully saturated rings. The van der Waals surface area contributed by atoms with E-state index < -0.39 is 0 Å². The largest absolute Gasteiger partial charge is 0.348 e. The Kier molecular flexibility index (Phi) is 5.15. The highest BCUT2D eigenvalue weighted by atomic mass is 35.5. The first-order valence-corrected chi connectivity index (χ1v) is 7.27. The Balaban J connectivity index is 2.02. The molecule has 0 saturated heterocycles. The number of halogens is 2. The maximum absolute atomic E-state index is 13.6. The molecule has 0 spiro atoms. The number of thiocarbonyl (C=S) groups is 1. The number of rotatable bonds is 3. The SMILES string of the molecule is Cc1ccc(NC(=S)N(C)Cc2ccccc2F)cc1Cl. The summed E-state index contributed by atoms with van der Waals surface area (Å²) in [5.74, 6) is -0.231. The van der Waals surface area contributed by atoms with Crippen LogP contribution in [-0.4, -0.2) is 17.1 Å². The van der Waals surface area contributed by atoms with Crippen LogP contribution in [0, 0.1) is 12.7 Å². The predicted molar refractivity (Wildman–Crippen MR) is 90.3 cm³/mol. The summed E-state index contributed by atoms with van der Waals surface area (Å²) in [7, 11) is 1.82. The minimum Gasteiger partial charge on any atom is -0.348 e. The summed E-state index contributed by atoms with van der Waals surface area (Å²) in [6.07, 6.45) is 0. The molecule has 0 aromatic heterocycles. The lowest BCUT2D eigenvalue weighted by atomic mass is 10.2. The van der Waals surface area contributed by atoms with E-state index >= 15 is 0 Å². The molecule has 0 atom stereocenters. The minimum atomic E-state index is -0.231. The van der Waals surface area contributed by atoms with Gasteiger partial charge in [0.2, 0.25) is 0 Å². The molecule has 0 aliphatic rings. The summed E-state index contributed by atoms with van der Waals surface area (Å²) in [6, 6.07) is 12.3.